The second-order valence-corrected chi connectivity index (χ2v) is 8.08. The monoisotopic (exact) mass is 406 g/mol. The minimum Gasteiger partial charge on any atom is -0.354 e. The molecule has 1 fully saturated rings. The molecule has 3 rings (SSSR count). The predicted molar refractivity (Wildman–Crippen MR) is 115 cm³/mol. The van der Waals surface area contributed by atoms with Crippen molar-refractivity contribution < 1.29 is 0 Å². The summed E-state index contributed by atoms with van der Waals surface area (Å²) in [5, 5.41) is 7.37. The van der Waals surface area contributed by atoms with Crippen LogP contribution in [-0.2, 0) is 13.1 Å². The van der Waals surface area contributed by atoms with E-state index in [1.165, 1.54) is 5.56 Å². The van der Waals surface area contributed by atoms with Crippen LogP contribution in [0.4, 0.5) is 5.13 Å². The van der Waals surface area contributed by atoms with Gasteiger partial charge < -0.3 is 15.1 Å². The maximum atomic E-state index is 6.09. The predicted octanol–water partition coefficient (Wildman–Crippen LogP) is 2.76. The van der Waals surface area contributed by atoms with E-state index >= 15 is 0 Å². The van der Waals surface area contributed by atoms with Crippen LogP contribution < -0.4 is 10.2 Å². The van der Waals surface area contributed by atoms with Crippen molar-refractivity contribution in [3.8, 4) is 0 Å². The molecule has 146 valence electrons. The van der Waals surface area contributed by atoms with E-state index in [4.69, 9.17) is 11.6 Å². The number of rotatable bonds is 5. The largest absolute Gasteiger partial charge is 0.354 e. The standard InChI is InChI=1S/C19H27ClN6S/c1-21-18(22-12-17-14-27-19(23-17)24(2)3)26-9-7-25(8-10-26)13-15-5-4-6-16(20)11-15/h4-6,11,14H,7-10,12-13H2,1-3H3,(H,21,22). The van der Waals surface area contributed by atoms with Crippen LogP contribution in [0, 0.1) is 0 Å². The zero-order valence-corrected chi connectivity index (χ0v) is 17.7. The Morgan fingerprint density at radius 3 is 2.70 bits per heavy atom. The Bertz CT molecular complexity index is 767. The number of aliphatic imine (C=N–C) groups is 1. The fourth-order valence-corrected chi connectivity index (χ4v) is 4.07. The number of hydrogen-bond donors (Lipinski definition) is 1. The second-order valence-electron chi connectivity index (χ2n) is 6.81. The van der Waals surface area contributed by atoms with Crippen LogP contribution >= 0.6 is 22.9 Å². The molecule has 0 unspecified atom stereocenters. The molecule has 0 saturated carbocycles. The zero-order chi connectivity index (χ0) is 19.2. The Morgan fingerprint density at radius 1 is 1.30 bits per heavy atom. The third kappa shape index (κ3) is 5.57. The van der Waals surface area contributed by atoms with Gasteiger partial charge in [-0.2, -0.15) is 0 Å². The highest BCUT2D eigenvalue weighted by Gasteiger charge is 2.20. The first-order valence-electron chi connectivity index (χ1n) is 9.09. The smallest absolute Gasteiger partial charge is 0.194 e. The average Bonchev–Trinajstić information content (AvgIpc) is 3.13. The molecule has 1 aromatic carbocycles. The SMILES string of the molecule is CN=C(NCc1csc(N(C)C)n1)N1CCN(Cc2cccc(Cl)c2)CC1. The highest BCUT2D eigenvalue weighted by Crippen LogP contribution is 2.18. The van der Waals surface area contributed by atoms with Crippen LogP contribution in [0.5, 0.6) is 0 Å². The molecule has 0 radical (unpaired) electrons. The van der Waals surface area contributed by atoms with Crippen molar-refractivity contribution in [3.63, 3.8) is 0 Å². The van der Waals surface area contributed by atoms with Crippen LogP contribution in [0.3, 0.4) is 0 Å². The Morgan fingerprint density at radius 2 is 2.07 bits per heavy atom. The van der Waals surface area contributed by atoms with Crippen molar-refractivity contribution in [1.82, 2.24) is 20.1 Å². The number of piperazine rings is 1. The van der Waals surface area contributed by atoms with E-state index in [0.717, 1.165) is 54.5 Å². The van der Waals surface area contributed by atoms with Crippen molar-refractivity contribution in [2.24, 2.45) is 4.99 Å². The van der Waals surface area contributed by atoms with Gasteiger partial charge in [-0.05, 0) is 17.7 Å². The summed E-state index contributed by atoms with van der Waals surface area (Å²) in [6.45, 7) is 5.57. The fraction of sp³-hybridized carbons (Fsp3) is 0.474. The number of aromatic nitrogens is 1. The lowest BCUT2D eigenvalue weighted by Crippen LogP contribution is -2.52. The Labute approximate surface area is 170 Å². The number of anilines is 1. The quantitative estimate of drug-likeness (QED) is 0.611. The van der Waals surface area contributed by atoms with Crippen LogP contribution in [0.2, 0.25) is 5.02 Å². The Hall–Kier alpha value is -1.83. The molecule has 0 amide bonds. The van der Waals surface area contributed by atoms with E-state index in [0.29, 0.717) is 6.54 Å². The van der Waals surface area contributed by atoms with Gasteiger partial charge in [0.15, 0.2) is 11.1 Å². The van der Waals surface area contributed by atoms with Gasteiger partial charge in [-0.25, -0.2) is 4.98 Å². The molecule has 8 heteroatoms. The molecule has 1 aliphatic heterocycles. The molecule has 6 nitrogen and oxygen atoms in total. The summed E-state index contributed by atoms with van der Waals surface area (Å²) >= 11 is 7.75. The van der Waals surface area contributed by atoms with Gasteiger partial charge in [0, 0.05) is 64.3 Å². The minimum absolute atomic E-state index is 0.694. The van der Waals surface area contributed by atoms with Gasteiger partial charge in [-0.1, -0.05) is 23.7 Å². The van der Waals surface area contributed by atoms with Gasteiger partial charge in [0.25, 0.3) is 0 Å². The van der Waals surface area contributed by atoms with E-state index in [9.17, 15) is 0 Å². The van der Waals surface area contributed by atoms with Gasteiger partial charge in [-0.3, -0.25) is 9.89 Å². The molecule has 1 aromatic heterocycles. The fourth-order valence-electron chi connectivity index (χ4n) is 3.10. The number of halogens is 1. The third-order valence-corrected chi connectivity index (χ3v) is 5.82. The summed E-state index contributed by atoms with van der Waals surface area (Å²) in [6, 6.07) is 8.11. The first kappa shape index (κ1) is 19.9. The molecule has 1 saturated heterocycles. The van der Waals surface area contributed by atoms with Crippen molar-refractivity contribution in [2.75, 3.05) is 52.2 Å². The normalized spacial score (nSPS) is 15.9. The van der Waals surface area contributed by atoms with E-state index in [-0.39, 0.29) is 0 Å². The van der Waals surface area contributed by atoms with Crippen LogP contribution in [0.15, 0.2) is 34.6 Å². The number of nitrogens with one attached hydrogen (secondary N) is 1. The molecule has 1 N–H and O–H groups in total. The molecule has 1 aliphatic rings. The van der Waals surface area contributed by atoms with E-state index in [1.807, 2.05) is 44.2 Å². The first-order chi connectivity index (χ1) is 13.0. The van der Waals surface area contributed by atoms with Gasteiger partial charge in [-0.15, -0.1) is 11.3 Å². The molecule has 2 heterocycles. The van der Waals surface area contributed by atoms with Crippen LogP contribution in [-0.4, -0.2) is 68.1 Å². The van der Waals surface area contributed by atoms with Gasteiger partial charge >= 0.3 is 0 Å². The summed E-state index contributed by atoms with van der Waals surface area (Å²) in [5.41, 5.74) is 2.31. The average molecular weight is 407 g/mol. The summed E-state index contributed by atoms with van der Waals surface area (Å²) in [5.74, 6) is 0.941. The molecule has 27 heavy (non-hydrogen) atoms. The Balaban J connectivity index is 1.48. The summed E-state index contributed by atoms with van der Waals surface area (Å²) in [6.07, 6.45) is 0. The maximum Gasteiger partial charge on any atom is 0.194 e. The van der Waals surface area contributed by atoms with Gasteiger partial charge in [0.2, 0.25) is 0 Å². The topological polar surface area (TPSA) is 47.0 Å². The van der Waals surface area contributed by atoms with Crippen molar-refractivity contribution in [2.45, 2.75) is 13.1 Å². The lowest BCUT2D eigenvalue weighted by molar-refractivity contribution is 0.172. The van der Waals surface area contributed by atoms with Crippen molar-refractivity contribution in [1.29, 1.82) is 0 Å². The molecular weight excluding hydrogens is 380 g/mol. The highest BCUT2D eigenvalue weighted by molar-refractivity contribution is 7.13. The molecule has 0 spiro atoms. The summed E-state index contributed by atoms with van der Waals surface area (Å²) in [4.78, 5) is 15.9. The molecule has 0 aliphatic carbocycles. The highest BCUT2D eigenvalue weighted by atomic mass is 35.5. The number of nitrogens with zero attached hydrogens (tertiary/aromatic N) is 5. The Kier molecular flexibility index (Phi) is 6.93. The zero-order valence-electron chi connectivity index (χ0n) is 16.2. The van der Waals surface area contributed by atoms with E-state index in [1.54, 1.807) is 11.3 Å². The number of hydrogen-bond acceptors (Lipinski definition) is 5. The minimum atomic E-state index is 0.694. The lowest BCUT2D eigenvalue weighted by atomic mass is 10.2. The maximum absolute atomic E-state index is 6.09. The number of guanidine groups is 1. The molecule has 0 bridgehead atoms. The molecular formula is C19H27ClN6S. The lowest BCUT2D eigenvalue weighted by Gasteiger charge is -2.36. The van der Waals surface area contributed by atoms with E-state index in [2.05, 4.69) is 36.5 Å². The number of thiazole rings is 1. The van der Waals surface area contributed by atoms with Crippen molar-refractivity contribution >= 4 is 34.0 Å². The van der Waals surface area contributed by atoms with Crippen LogP contribution in [0.1, 0.15) is 11.3 Å². The summed E-state index contributed by atoms with van der Waals surface area (Å²) in [7, 11) is 5.86. The molecule has 0 atom stereocenters. The van der Waals surface area contributed by atoms with E-state index < -0.39 is 0 Å². The summed E-state index contributed by atoms with van der Waals surface area (Å²) < 4.78 is 0. The van der Waals surface area contributed by atoms with Crippen LogP contribution in [0.25, 0.3) is 0 Å². The van der Waals surface area contributed by atoms with Gasteiger partial charge in [0.1, 0.15) is 0 Å². The van der Waals surface area contributed by atoms with Crippen molar-refractivity contribution in [3.05, 3.63) is 45.9 Å². The second kappa shape index (κ2) is 9.39. The number of benzene rings is 1. The molecule has 2 aromatic rings. The van der Waals surface area contributed by atoms with Gasteiger partial charge in [0.05, 0.1) is 12.2 Å². The first-order valence-corrected chi connectivity index (χ1v) is 10.3. The third-order valence-electron chi connectivity index (χ3n) is 4.53.